The average Bonchev–Trinajstić information content (AvgIpc) is 3.05. The highest BCUT2D eigenvalue weighted by atomic mass is 35.5. The van der Waals surface area contributed by atoms with Crippen LogP contribution in [-0.4, -0.2) is 40.4 Å². The van der Waals surface area contributed by atoms with E-state index in [-0.39, 0.29) is 11.9 Å². The first-order valence-corrected chi connectivity index (χ1v) is 6.80. The van der Waals surface area contributed by atoms with E-state index in [9.17, 15) is 4.79 Å². The summed E-state index contributed by atoms with van der Waals surface area (Å²) in [5, 5.41) is 3.77. The number of hydrogen-bond donors (Lipinski definition) is 2. The Morgan fingerprint density at radius 3 is 3.15 bits per heavy atom. The van der Waals surface area contributed by atoms with Gasteiger partial charge in [0, 0.05) is 18.6 Å². The lowest BCUT2D eigenvalue weighted by molar-refractivity contribution is -0.131. The van der Waals surface area contributed by atoms with E-state index in [1.165, 1.54) is 0 Å². The van der Waals surface area contributed by atoms with Gasteiger partial charge in [0.2, 0.25) is 5.91 Å². The average molecular weight is 291 g/mol. The Morgan fingerprint density at radius 1 is 1.55 bits per heavy atom. The van der Waals surface area contributed by atoms with Crippen LogP contribution in [0.4, 0.5) is 0 Å². The summed E-state index contributed by atoms with van der Waals surface area (Å²) in [4.78, 5) is 21.5. The van der Waals surface area contributed by atoms with E-state index in [4.69, 9.17) is 11.6 Å². The summed E-state index contributed by atoms with van der Waals surface area (Å²) in [5.41, 5.74) is 1.73. The molecule has 0 saturated carbocycles. The summed E-state index contributed by atoms with van der Waals surface area (Å²) in [6.07, 6.45) is 3.84. The first kappa shape index (κ1) is 13.1. The highest BCUT2D eigenvalue weighted by Gasteiger charge is 2.21. The van der Waals surface area contributed by atoms with Gasteiger partial charge in [-0.15, -0.1) is 0 Å². The molecule has 2 aromatic rings. The summed E-state index contributed by atoms with van der Waals surface area (Å²) >= 11 is 5.94. The zero-order valence-corrected chi connectivity index (χ0v) is 11.8. The molecule has 0 fully saturated rings. The number of likely N-dealkylation sites (N-methyl/N-ethyl adjacent to an activating group) is 1. The third-order valence-corrected chi connectivity index (χ3v) is 3.54. The minimum absolute atomic E-state index is 0.0391. The molecule has 1 aromatic carbocycles. The van der Waals surface area contributed by atoms with Crippen molar-refractivity contribution in [3.8, 4) is 0 Å². The molecule has 0 bridgehead atoms. The molecule has 1 aliphatic heterocycles. The summed E-state index contributed by atoms with van der Waals surface area (Å²) in [6.45, 7) is 1.19. The van der Waals surface area contributed by atoms with Crippen LogP contribution in [0.2, 0.25) is 5.02 Å². The molecule has 0 spiro atoms. The van der Waals surface area contributed by atoms with Gasteiger partial charge >= 0.3 is 0 Å². The SMILES string of the molecule is CN(Cc1nc2ccc(Cl)cc2[nH]1)C(=O)[C@@H]1C=CCN1. The monoisotopic (exact) mass is 290 g/mol. The summed E-state index contributed by atoms with van der Waals surface area (Å²) in [6, 6.07) is 5.27. The Labute approximate surface area is 121 Å². The number of hydrogen-bond acceptors (Lipinski definition) is 3. The highest BCUT2D eigenvalue weighted by molar-refractivity contribution is 6.31. The number of H-pyrrole nitrogens is 1. The number of carbonyl (C=O) groups excluding carboxylic acids is 1. The van der Waals surface area contributed by atoms with Crippen molar-refractivity contribution in [2.24, 2.45) is 0 Å². The smallest absolute Gasteiger partial charge is 0.243 e. The normalized spacial score (nSPS) is 17.8. The van der Waals surface area contributed by atoms with Gasteiger partial charge in [-0.05, 0) is 18.2 Å². The van der Waals surface area contributed by atoms with E-state index in [0.29, 0.717) is 11.6 Å². The molecule has 0 saturated heterocycles. The summed E-state index contributed by atoms with van der Waals surface area (Å²) in [5.74, 6) is 0.789. The second kappa shape index (κ2) is 5.26. The van der Waals surface area contributed by atoms with Crippen molar-refractivity contribution in [2.75, 3.05) is 13.6 Å². The Kier molecular flexibility index (Phi) is 3.46. The van der Waals surface area contributed by atoms with E-state index in [2.05, 4.69) is 15.3 Å². The van der Waals surface area contributed by atoms with Crippen LogP contribution in [0.1, 0.15) is 5.82 Å². The number of rotatable bonds is 3. The number of fused-ring (bicyclic) bond motifs is 1. The molecule has 20 heavy (non-hydrogen) atoms. The minimum Gasteiger partial charge on any atom is -0.340 e. The number of halogens is 1. The molecule has 1 aliphatic rings. The standard InChI is InChI=1S/C14H15ClN4O/c1-19(14(20)11-3-2-6-16-11)8-13-17-10-5-4-9(15)7-12(10)18-13/h2-5,7,11,16H,6,8H2,1H3,(H,17,18)/t11-/m0/s1. The Morgan fingerprint density at radius 2 is 2.40 bits per heavy atom. The molecule has 1 amide bonds. The molecule has 1 aromatic heterocycles. The van der Waals surface area contributed by atoms with Crippen molar-refractivity contribution in [1.29, 1.82) is 0 Å². The molecule has 5 nitrogen and oxygen atoms in total. The molecule has 0 radical (unpaired) electrons. The minimum atomic E-state index is -0.223. The molecule has 2 N–H and O–H groups in total. The molecule has 1 atom stereocenters. The number of aromatic amines is 1. The van der Waals surface area contributed by atoms with E-state index < -0.39 is 0 Å². The van der Waals surface area contributed by atoms with E-state index >= 15 is 0 Å². The lowest BCUT2D eigenvalue weighted by atomic mass is 10.3. The number of aromatic nitrogens is 2. The molecule has 0 unspecified atom stereocenters. The van der Waals surface area contributed by atoms with Gasteiger partial charge < -0.3 is 9.88 Å². The van der Waals surface area contributed by atoms with E-state index in [1.54, 1.807) is 18.0 Å². The lowest BCUT2D eigenvalue weighted by Gasteiger charge is -2.19. The third-order valence-electron chi connectivity index (χ3n) is 3.31. The predicted molar refractivity (Wildman–Crippen MR) is 78.5 cm³/mol. The van der Waals surface area contributed by atoms with Crippen LogP contribution in [0.25, 0.3) is 11.0 Å². The van der Waals surface area contributed by atoms with Crippen molar-refractivity contribution in [1.82, 2.24) is 20.2 Å². The number of amides is 1. The van der Waals surface area contributed by atoms with Crippen LogP contribution in [0, 0.1) is 0 Å². The fourth-order valence-corrected chi connectivity index (χ4v) is 2.46. The van der Waals surface area contributed by atoms with Gasteiger partial charge in [-0.1, -0.05) is 23.8 Å². The Hall–Kier alpha value is -1.85. The molecule has 6 heteroatoms. The number of nitrogens with zero attached hydrogens (tertiary/aromatic N) is 2. The van der Waals surface area contributed by atoms with Gasteiger partial charge in [0.1, 0.15) is 11.9 Å². The zero-order valence-electron chi connectivity index (χ0n) is 11.1. The fourth-order valence-electron chi connectivity index (χ4n) is 2.29. The van der Waals surface area contributed by atoms with Crippen LogP contribution < -0.4 is 5.32 Å². The molecule has 3 rings (SSSR count). The maximum atomic E-state index is 12.2. The van der Waals surface area contributed by atoms with Gasteiger partial charge in [0.15, 0.2) is 0 Å². The second-order valence-corrected chi connectivity index (χ2v) is 5.29. The molecule has 0 aliphatic carbocycles. The molecule has 104 valence electrons. The Bertz CT molecular complexity index is 679. The molecule has 2 heterocycles. The highest BCUT2D eigenvalue weighted by Crippen LogP contribution is 2.17. The second-order valence-electron chi connectivity index (χ2n) is 4.85. The number of nitrogens with one attached hydrogen (secondary N) is 2. The largest absolute Gasteiger partial charge is 0.340 e. The van der Waals surface area contributed by atoms with Gasteiger partial charge in [0.05, 0.1) is 17.6 Å². The maximum Gasteiger partial charge on any atom is 0.243 e. The first-order chi connectivity index (χ1) is 9.63. The van der Waals surface area contributed by atoms with Gasteiger partial charge in [-0.2, -0.15) is 0 Å². The molecular weight excluding hydrogens is 276 g/mol. The maximum absolute atomic E-state index is 12.2. The van der Waals surface area contributed by atoms with Crippen molar-refractivity contribution < 1.29 is 4.79 Å². The fraction of sp³-hybridized carbons (Fsp3) is 0.286. The number of benzene rings is 1. The van der Waals surface area contributed by atoms with Gasteiger partial charge in [-0.3, -0.25) is 10.1 Å². The third kappa shape index (κ3) is 2.55. The zero-order chi connectivity index (χ0) is 14.1. The van der Waals surface area contributed by atoms with E-state index in [1.807, 2.05) is 24.3 Å². The first-order valence-electron chi connectivity index (χ1n) is 6.42. The number of imidazole rings is 1. The topological polar surface area (TPSA) is 61.0 Å². The van der Waals surface area contributed by atoms with E-state index in [0.717, 1.165) is 23.4 Å². The van der Waals surface area contributed by atoms with Crippen molar-refractivity contribution in [3.63, 3.8) is 0 Å². The number of carbonyl (C=O) groups is 1. The van der Waals surface area contributed by atoms with Crippen molar-refractivity contribution in [3.05, 3.63) is 41.2 Å². The van der Waals surface area contributed by atoms with Gasteiger partial charge in [0.25, 0.3) is 0 Å². The van der Waals surface area contributed by atoms with Crippen LogP contribution >= 0.6 is 11.6 Å². The van der Waals surface area contributed by atoms with Crippen LogP contribution in [-0.2, 0) is 11.3 Å². The predicted octanol–water partition coefficient (Wildman–Crippen LogP) is 1.70. The lowest BCUT2D eigenvalue weighted by Crippen LogP contribution is -2.41. The summed E-state index contributed by atoms with van der Waals surface area (Å²) in [7, 11) is 1.77. The van der Waals surface area contributed by atoms with Crippen molar-refractivity contribution >= 4 is 28.5 Å². The van der Waals surface area contributed by atoms with Gasteiger partial charge in [-0.25, -0.2) is 4.98 Å². The van der Waals surface area contributed by atoms with Crippen LogP contribution in [0.15, 0.2) is 30.4 Å². The van der Waals surface area contributed by atoms with Crippen LogP contribution in [0.5, 0.6) is 0 Å². The quantitative estimate of drug-likeness (QED) is 0.846. The molecular formula is C14H15ClN4O. The Balaban J connectivity index is 1.75. The van der Waals surface area contributed by atoms with Crippen molar-refractivity contribution in [2.45, 2.75) is 12.6 Å². The summed E-state index contributed by atoms with van der Waals surface area (Å²) < 4.78 is 0. The van der Waals surface area contributed by atoms with Crippen LogP contribution in [0.3, 0.4) is 0 Å².